The van der Waals surface area contributed by atoms with Gasteiger partial charge in [0.15, 0.2) is 0 Å². The largest absolute Gasteiger partial charge is 0.342 e. The fraction of sp³-hybridized carbons (Fsp3) is 0.938. The molecule has 0 spiro atoms. The molecular formula is C16H33N3O. The van der Waals surface area contributed by atoms with E-state index < -0.39 is 0 Å². The third-order valence-electron chi connectivity index (χ3n) is 4.57. The van der Waals surface area contributed by atoms with Gasteiger partial charge < -0.3 is 15.5 Å². The Hall–Kier alpha value is -0.610. The maximum Gasteiger partial charge on any atom is 0.226 e. The van der Waals surface area contributed by atoms with E-state index in [-0.39, 0.29) is 17.9 Å². The molecule has 1 amide bonds. The van der Waals surface area contributed by atoms with Crippen LogP contribution < -0.4 is 5.73 Å². The maximum atomic E-state index is 12.2. The first kappa shape index (κ1) is 17.4. The normalized spacial score (nSPS) is 20.2. The molecule has 0 saturated carbocycles. The van der Waals surface area contributed by atoms with E-state index in [9.17, 15) is 4.79 Å². The van der Waals surface area contributed by atoms with E-state index in [1.54, 1.807) is 0 Å². The van der Waals surface area contributed by atoms with Gasteiger partial charge in [-0.15, -0.1) is 0 Å². The molecule has 0 bridgehead atoms. The van der Waals surface area contributed by atoms with Gasteiger partial charge >= 0.3 is 0 Å². The molecule has 118 valence electrons. The number of nitrogens with zero attached hydrogens (tertiary/aromatic N) is 2. The van der Waals surface area contributed by atoms with Gasteiger partial charge in [-0.05, 0) is 45.7 Å². The highest BCUT2D eigenvalue weighted by Crippen LogP contribution is 2.20. The molecule has 0 aromatic heterocycles. The van der Waals surface area contributed by atoms with Crippen molar-refractivity contribution in [2.75, 3.05) is 33.2 Å². The van der Waals surface area contributed by atoms with Gasteiger partial charge in [0.05, 0.1) is 5.92 Å². The Kier molecular flexibility index (Phi) is 7.52. The van der Waals surface area contributed by atoms with Gasteiger partial charge in [-0.3, -0.25) is 4.79 Å². The van der Waals surface area contributed by atoms with Crippen molar-refractivity contribution < 1.29 is 4.79 Å². The van der Waals surface area contributed by atoms with Gasteiger partial charge in [0.2, 0.25) is 5.91 Å². The topological polar surface area (TPSA) is 49.6 Å². The van der Waals surface area contributed by atoms with Crippen molar-refractivity contribution >= 4 is 5.91 Å². The Labute approximate surface area is 124 Å². The quantitative estimate of drug-likeness (QED) is 0.777. The predicted molar refractivity (Wildman–Crippen MR) is 84.5 cm³/mol. The zero-order valence-electron chi connectivity index (χ0n) is 13.8. The number of likely N-dealkylation sites (tertiary alicyclic amines) is 1. The number of amides is 1. The molecule has 0 aromatic rings. The van der Waals surface area contributed by atoms with Crippen molar-refractivity contribution in [1.29, 1.82) is 0 Å². The molecule has 2 unspecified atom stereocenters. The van der Waals surface area contributed by atoms with Crippen molar-refractivity contribution in [3.05, 3.63) is 0 Å². The van der Waals surface area contributed by atoms with Crippen LogP contribution in [-0.2, 0) is 4.79 Å². The van der Waals surface area contributed by atoms with E-state index in [0.717, 1.165) is 31.8 Å². The molecule has 20 heavy (non-hydrogen) atoms. The number of nitrogens with two attached hydrogens (primary N) is 1. The van der Waals surface area contributed by atoms with Gasteiger partial charge in [0, 0.05) is 25.7 Å². The molecule has 1 rings (SSSR count). The van der Waals surface area contributed by atoms with Crippen LogP contribution in [0.15, 0.2) is 0 Å². The van der Waals surface area contributed by atoms with Crippen molar-refractivity contribution in [1.82, 2.24) is 9.80 Å². The average molecular weight is 283 g/mol. The van der Waals surface area contributed by atoms with E-state index in [0.29, 0.717) is 0 Å². The molecular weight excluding hydrogens is 250 g/mol. The van der Waals surface area contributed by atoms with Crippen LogP contribution in [0.5, 0.6) is 0 Å². The smallest absolute Gasteiger partial charge is 0.226 e. The van der Waals surface area contributed by atoms with Crippen LogP contribution in [0.4, 0.5) is 0 Å². The van der Waals surface area contributed by atoms with Crippen molar-refractivity contribution in [2.24, 2.45) is 17.6 Å². The highest BCUT2D eigenvalue weighted by molar-refractivity contribution is 5.79. The third-order valence-corrected chi connectivity index (χ3v) is 4.57. The van der Waals surface area contributed by atoms with Crippen LogP contribution in [-0.4, -0.2) is 55.0 Å². The fourth-order valence-corrected chi connectivity index (χ4v) is 2.81. The lowest BCUT2D eigenvalue weighted by Gasteiger charge is -2.35. The minimum Gasteiger partial charge on any atom is -0.342 e. The Morgan fingerprint density at radius 3 is 2.45 bits per heavy atom. The summed E-state index contributed by atoms with van der Waals surface area (Å²) < 4.78 is 0. The van der Waals surface area contributed by atoms with Crippen LogP contribution in [0.1, 0.15) is 46.5 Å². The lowest BCUT2D eigenvalue weighted by atomic mass is 9.94. The monoisotopic (exact) mass is 283 g/mol. The highest BCUT2D eigenvalue weighted by Gasteiger charge is 2.27. The standard InChI is InChI=1S/C16H33N3O/c1-5-6-9-18(4)12-15-7-10-19(11-8-15)16(20)13(2)14(3)17/h13-15H,5-12,17H2,1-4H3. The second kappa shape index (κ2) is 8.63. The first-order chi connectivity index (χ1) is 9.45. The summed E-state index contributed by atoms with van der Waals surface area (Å²) in [6.07, 6.45) is 4.80. The number of carbonyl (C=O) groups excluding carboxylic acids is 1. The molecule has 1 fully saturated rings. The molecule has 0 radical (unpaired) electrons. The van der Waals surface area contributed by atoms with Gasteiger partial charge in [-0.25, -0.2) is 0 Å². The minimum absolute atomic E-state index is 0.0552. The van der Waals surface area contributed by atoms with Crippen LogP contribution in [0, 0.1) is 11.8 Å². The molecule has 0 aliphatic carbocycles. The number of carbonyl (C=O) groups is 1. The second-order valence-electron chi connectivity index (χ2n) is 6.53. The lowest BCUT2D eigenvalue weighted by Crippen LogP contribution is -2.46. The number of unbranched alkanes of at least 4 members (excludes halogenated alkanes) is 1. The van der Waals surface area contributed by atoms with Gasteiger partial charge in [-0.1, -0.05) is 20.3 Å². The molecule has 0 aromatic carbocycles. The summed E-state index contributed by atoms with van der Waals surface area (Å²) in [5.41, 5.74) is 5.83. The third kappa shape index (κ3) is 5.41. The fourth-order valence-electron chi connectivity index (χ4n) is 2.81. The highest BCUT2D eigenvalue weighted by atomic mass is 16.2. The number of hydrogen-bond donors (Lipinski definition) is 1. The van der Waals surface area contributed by atoms with Gasteiger partial charge in [-0.2, -0.15) is 0 Å². The van der Waals surface area contributed by atoms with Gasteiger partial charge in [0.1, 0.15) is 0 Å². The van der Waals surface area contributed by atoms with E-state index in [1.807, 2.05) is 18.7 Å². The van der Waals surface area contributed by atoms with Crippen LogP contribution in [0.25, 0.3) is 0 Å². The Morgan fingerprint density at radius 2 is 1.95 bits per heavy atom. The van der Waals surface area contributed by atoms with Crippen molar-refractivity contribution in [3.8, 4) is 0 Å². The zero-order chi connectivity index (χ0) is 15.1. The zero-order valence-corrected chi connectivity index (χ0v) is 13.8. The molecule has 1 heterocycles. The first-order valence-electron chi connectivity index (χ1n) is 8.18. The summed E-state index contributed by atoms with van der Waals surface area (Å²) in [5.74, 6) is 0.920. The SMILES string of the molecule is CCCCN(C)CC1CCN(C(=O)C(C)C(C)N)CC1. The van der Waals surface area contributed by atoms with Crippen LogP contribution >= 0.6 is 0 Å². The number of rotatable bonds is 7. The summed E-state index contributed by atoms with van der Waals surface area (Å²) >= 11 is 0. The summed E-state index contributed by atoms with van der Waals surface area (Å²) in [7, 11) is 2.21. The van der Waals surface area contributed by atoms with Crippen molar-refractivity contribution in [2.45, 2.75) is 52.5 Å². The Bertz CT molecular complexity index is 285. The summed E-state index contributed by atoms with van der Waals surface area (Å²) in [4.78, 5) is 16.7. The molecule has 4 heteroatoms. The first-order valence-corrected chi connectivity index (χ1v) is 8.18. The van der Waals surface area contributed by atoms with E-state index in [2.05, 4.69) is 18.9 Å². The van der Waals surface area contributed by atoms with Crippen LogP contribution in [0.3, 0.4) is 0 Å². The lowest BCUT2D eigenvalue weighted by molar-refractivity contribution is -0.137. The van der Waals surface area contributed by atoms with Gasteiger partial charge in [0.25, 0.3) is 0 Å². The van der Waals surface area contributed by atoms with E-state index >= 15 is 0 Å². The summed E-state index contributed by atoms with van der Waals surface area (Å²) in [6, 6.07) is -0.0552. The molecule has 2 atom stereocenters. The predicted octanol–water partition coefficient (Wildman–Crippen LogP) is 1.94. The Morgan fingerprint density at radius 1 is 1.35 bits per heavy atom. The molecule has 1 saturated heterocycles. The summed E-state index contributed by atoms with van der Waals surface area (Å²) in [6.45, 7) is 10.3. The minimum atomic E-state index is -0.0567. The van der Waals surface area contributed by atoms with E-state index in [1.165, 1.54) is 25.9 Å². The molecule has 2 N–H and O–H groups in total. The second-order valence-corrected chi connectivity index (χ2v) is 6.53. The average Bonchev–Trinajstić information content (AvgIpc) is 2.44. The number of piperidine rings is 1. The maximum absolute atomic E-state index is 12.2. The molecule has 1 aliphatic rings. The van der Waals surface area contributed by atoms with Crippen molar-refractivity contribution in [3.63, 3.8) is 0 Å². The van der Waals surface area contributed by atoms with Crippen LogP contribution in [0.2, 0.25) is 0 Å². The molecule has 1 aliphatic heterocycles. The Balaban J connectivity index is 2.31. The number of hydrogen-bond acceptors (Lipinski definition) is 3. The van der Waals surface area contributed by atoms with E-state index in [4.69, 9.17) is 5.73 Å². The summed E-state index contributed by atoms with van der Waals surface area (Å²) in [5, 5.41) is 0. The molecule has 4 nitrogen and oxygen atoms in total.